The van der Waals surface area contributed by atoms with Crippen molar-refractivity contribution in [2.75, 3.05) is 13.2 Å². The highest BCUT2D eigenvalue weighted by molar-refractivity contribution is 5.85. The highest BCUT2D eigenvalue weighted by atomic mass is 35.5. The van der Waals surface area contributed by atoms with Crippen molar-refractivity contribution in [2.24, 2.45) is 5.73 Å². The lowest BCUT2D eigenvalue weighted by Crippen LogP contribution is -2.31. The molecule has 2 heterocycles. The van der Waals surface area contributed by atoms with E-state index in [2.05, 4.69) is 39.3 Å². The normalized spacial score (nSPS) is 17.4. The molecule has 2 N–H and O–H groups in total. The quantitative estimate of drug-likeness (QED) is 0.833. The van der Waals surface area contributed by atoms with Crippen LogP contribution in [0.2, 0.25) is 0 Å². The van der Waals surface area contributed by atoms with Gasteiger partial charge in [0.25, 0.3) is 0 Å². The van der Waals surface area contributed by atoms with Gasteiger partial charge in [-0.05, 0) is 18.4 Å². The molecule has 2 aromatic rings. The summed E-state index contributed by atoms with van der Waals surface area (Å²) in [6.45, 7) is 3.49. The van der Waals surface area contributed by atoms with Crippen LogP contribution in [0.1, 0.15) is 30.1 Å². The molecule has 23 heavy (non-hydrogen) atoms. The number of halogens is 1. The van der Waals surface area contributed by atoms with Crippen LogP contribution in [-0.4, -0.2) is 34.3 Å². The standard InChI is InChI=1S/C16H22N4O2.ClH/c17-9-16-18-15(19-22-16)12-20(11-14-7-4-8-21-14)10-13-5-2-1-3-6-13;/h1-3,5-6,14H,4,7-12,17H2;1H. The Bertz CT molecular complexity index is 572. The Morgan fingerprint density at radius 2 is 2.04 bits per heavy atom. The van der Waals surface area contributed by atoms with Crippen molar-refractivity contribution in [1.82, 2.24) is 15.0 Å². The largest absolute Gasteiger partial charge is 0.377 e. The van der Waals surface area contributed by atoms with E-state index >= 15 is 0 Å². The Balaban J connectivity index is 0.00000192. The molecule has 6 nitrogen and oxygen atoms in total. The third-order valence-electron chi connectivity index (χ3n) is 3.78. The zero-order valence-corrected chi connectivity index (χ0v) is 13.9. The third-order valence-corrected chi connectivity index (χ3v) is 3.78. The fourth-order valence-corrected chi connectivity index (χ4v) is 2.74. The van der Waals surface area contributed by atoms with E-state index < -0.39 is 0 Å². The molecule has 0 amide bonds. The number of nitrogens with zero attached hydrogens (tertiary/aromatic N) is 3. The van der Waals surface area contributed by atoms with Crippen molar-refractivity contribution >= 4 is 12.4 Å². The van der Waals surface area contributed by atoms with Gasteiger partial charge in [0.2, 0.25) is 5.89 Å². The van der Waals surface area contributed by atoms with Crippen LogP contribution in [-0.2, 0) is 24.4 Å². The Kier molecular flexibility index (Phi) is 6.98. The zero-order valence-electron chi connectivity index (χ0n) is 13.1. The smallest absolute Gasteiger partial charge is 0.240 e. The Morgan fingerprint density at radius 3 is 2.70 bits per heavy atom. The number of hydrogen-bond donors (Lipinski definition) is 1. The van der Waals surface area contributed by atoms with Crippen molar-refractivity contribution in [3.8, 4) is 0 Å². The SMILES string of the molecule is Cl.NCc1nc(CN(Cc2ccccc2)CC2CCCO2)no1. The van der Waals surface area contributed by atoms with Gasteiger partial charge in [0, 0.05) is 19.7 Å². The van der Waals surface area contributed by atoms with Crippen LogP contribution >= 0.6 is 12.4 Å². The van der Waals surface area contributed by atoms with E-state index in [1.807, 2.05) is 6.07 Å². The average molecular weight is 339 g/mol. The summed E-state index contributed by atoms with van der Waals surface area (Å²) in [6.07, 6.45) is 2.55. The number of aromatic nitrogens is 2. The zero-order chi connectivity index (χ0) is 15.2. The van der Waals surface area contributed by atoms with Crippen LogP contribution in [0.25, 0.3) is 0 Å². The maximum absolute atomic E-state index is 5.76. The minimum Gasteiger partial charge on any atom is -0.377 e. The Morgan fingerprint density at radius 1 is 1.22 bits per heavy atom. The summed E-state index contributed by atoms with van der Waals surface area (Å²) in [5.41, 5.74) is 6.79. The van der Waals surface area contributed by atoms with Crippen LogP contribution in [0.4, 0.5) is 0 Å². The van der Waals surface area contributed by atoms with E-state index in [1.165, 1.54) is 5.56 Å². The third kappa shape index (κ3) is 5.28. The molecular formula is C16H23ClN4O2. The van der Waals surface area contributed by atoms with Gasteiger partial charge in [-0.2, -0.15) is 4.98 Å². The highest BCUT2D eigenvalue weighted by Gasteiger charge is 2.21. The summed E-state index contributed by atoms with van der Waals surface area (Å²) in [4.78, 5) is 6.60. The fourth-order valence-electron chi connectivity index (χ4n) is 2.74. The van der Waals surface area contributed by atoms with Gasteiger partial charge in [0.05, 0.1) is 19.2 Å². The first kappa shape index (κ1) is 17.9. The van der Waals surface area contributed by atoms with Crippen molar-refractivity contribution in [3.63, 3.8) is 0 Å². The minimum atomic E-state index is 0. The summed E-state index contributed by atoms with van der Waals surface area (Å²) in [5, 5.41) is 3.99. The van der Waals surface area contributed by atoms with Crippen molar-refractivity contribution in [1.29, 1.82) is 0 Å². The molecule has 3 rings (SSSR count). The summed E-state index contributed by atoms with van der Waals surface area (Å²) in [6, 6.07) is 10.4. The van der Waals surface area contributed by atoms with Crippen LogP contribution in [0.5, 0.6) is 0 Å². The second-order valence-electron chi connectivity index (χ2n) is 5.60. The number of ether oxygens (including phenoxy) is 1. The predicted octanol–water partition coefficient (Wildman–Crippen LogP) is 2.13. The first-order valence-electron chi connectivity index (χ1n) is 7.73. The lowest BCUT2D eigenvalue weighted by atomic mass is 10.2. The number of benzene rings is 1. The minimum absolute atomic E-state index is 0. The summed E-state index contributed by atoms with van der Waals surface area (Å²) in [5.74, 6) is 1.15. The fraction of sp³-hybridized carbons (Fsp3) is 0.500. The van der Waals surface area contributed by atoms with Gasteiger partial charge in [-0.1, -0.05) is 35.5 Å². The Hall–Kier alpha value is -1.47. The van der Waals surface area contributed by atoms with E-state index in [0.717, 1.165) is 32.5 Å². The molecule has 1 aliphatic rings. The molecule has 0 aliphatic carbocycles. The average Bonchev–Trinajstić information content (AvgIpc) is 3.20. The van der Waals surface area contributed by atoms with Crippen LogP contribution < -0.4 is 5.73 Å². The lowest BCUT2D eigenvalue weighted by molar-refractivity contribution is 0.0667. The predicted molar refractivity (Wildman–Crippen MR) is 89.0 cm³/mol. The lowest BCUT2D eigenvalue weighted by Gasteiger charge is -2.23. The Labute approximate surface area is 142 Å². The number of rotatable bonds is 7. The molecule has 7 heteroatoms. The van der Waals surface area contributed by atoms with Gasteiger partial charge in [-0.3, -0.25) is 4.90 Å². The molecular weight excluding hydrogens is 316 g/mol. The molecule has 0 spiro atoms. The molecule has 1 fully saturated rings. The molecule has 0 saturated carbocycles. The second-order valence-corrected chi connectivity index (χ2v) is 5.60. The van der Waals surface area contributed by atoms with Crippen LogP contribution in [0.3, 0.4) is 0 Å². The second kappa shape index (κ2) is 8.98. The highest BCUT2D eigenvalue weighted by Crippen LogP contribution is 2.16. The molecule has 1 saturated heterocycles. The van der Waals surface area contributed by atoms with Gasteiger partial charge in [0.1, 0.15) is 0 Å². The molecule has 0 bridgehead atoms. The summed E-state index contributed by atoms with van der Waals surface area (Å²) >= 11 is 0. The molecule has 0 radical (unpaired) electrons. The van der Waals surface area contributed by atoms with Gasteiger partial charge in [-0.15, -0.1) is 12.4 Å². The molecule has 1 aromatic heterocycles. The van der Waals surface area contributed by atoms with E-state index in [1.54, 1.807) is 0 Å². The monoisotopic (exact) mass is 338 g/mol. The van der Waals surface area contributed by atoms with E-state index in [0.29, 0.717) is 24.4 Å². The summed E-state index contributed by atoms with van der Waals surface area (Å²) in [7, 11) is 0. The number of nitrogens with two attached hydrogens (primary N) is 1. The van der Waals surface area contributed by atoms with Gasteiger partial charge in [0.15, 0.2) is 5.82 Å². The maximum atomic E-state index is 5.76. The van der Waals surface area contributed by atoms with E-state index in [4.69, 9.17) is 15.0 Å². The first-order chi connectivity index (χ1) is 10.8. The molecule has 1 aliphatic heterocycles. The first-order valence-corrected chi connectivity index (χ1v) is 7.73. The van der Waals surface area contributed by atoms with Crippen molar-refractivity contribution < 1.29 is 9.26 Å². The molecule has 126 valence electrons. The van der Waals surface area contributed by atoms with Crippen LogP contribution in [0.15, 0.2) is 34.9 Å². The number of hydrogen-bond acceptors (Lipinski definition) is 6. The topological polar surface area (TPSA) is 77.4 Å². The van der Waals surface area contributed by atoms with Gasteiger partial charge in [-0.25, -0.2) is 0 Å². The summed E-state index contributed by atoms with van der Waals surface area (Å²) < 4.78 is 10.9. The van der Waals surface area contributed by atoms with Crippen molar-refractivity contribution in [2.45, 2.75) is 38.6 Å². The molecule has 1 unspecified atom stereocenters. The van der Waals surface area contributed by atoms with E-state index in [9.17, 15) is 0 Å². The van der Waals surface area contributed by atoms with Gasteiger partial charge < -0.3 is 15.0 Å². The van der Waals surface area contributed by atoms with Crippen LogP contribution in [0, 0.1) is 0 Å². The van der Waals surface area contributed by atoms with Crippen molar-refractivity contribution in [3.05, 3.63) is 47.6 Å². The van der Waals surface area contributed by atoms with Gasteiger partial charge >= 0.3 is 0 Å². The molecule has 1 atom stereocenters. The van der Waals surface area contributed by atoms with E-state index in [-0.39, 0.29) is 19.0 Å². The molecule has 1 aromatic carbocycles. The maximum Gasteiger partial charge on any atom is 0.240 e.